The Morgan fingerprint density at radius 2 is 2.00 bits per heavy atom. The molecule has 146 valence electrons. The highest BCUT2D eigenvalue weighted by atomic mass is 32.1. The van der Waals surface area contributed by atoms with Gasteiger partial charge < -0.3 is 5.11 Å². The summed E-state index contributed by atoms with van der Waals surface area (Å²) in [6.45, 7) is 5.57. The number of hydrogen-bond acceptors (Lipinski definition) is 5. The van der Waals surface area contributed by atoms with Crippen molar-refractivity contribution < 1.29 is 5.11 Å². The van der Waals surface area contributed by atoms with E-state index in [0.717, 1.165) is 29.9 Å². The van der Waals surface area contributed by atoms with Gasteiger partial charge in [-0.2, -0.15) is 0 Å². The maximum Gasteiger partial charge on any atom is 0.0970 e. The van der Waals surface area contributed by atoms with Crippen LogP contribution in [0.1, 0.15) is 48.0 Å². The molecule has 4 nitrogen and oxygen atoms in total. The third kappa shape index (κ3) is 3.15. The Morgan fingerprint density at radius 1 is 1.14 bits per heavy atom. The number of nitrogens with zero attached hydrogens (tertiary/aromatic N) is 3. The van der Waals surface area contributed by atoms with Gasteiger partial charge in [-0.1, -0.05) is 12.1 Å². The largest absolute Gasteiger partial charge is 0.395 e. The average Bonchev–Trinajstić information content (AvgIpc) is 3.26. The molecule has 1 saturated carbocycles. The fourth-order valence-electron chi connectivity index (χ4n) is 4.87. The molecule has 1 aliphatic heterocycles. The van der Waals surface area contributed by atoms with E-state index in [2.05, 4.69) is 47.1 Å². The van der Waals surface area contributed by atoms with E-state index in [4.69, 9.17) is 4.98 Å². The van der Waals surface area contributed by atoms with Gasteiger partial charge in [0.1, 0.15) is 0 Å². The van der Waals surface area contributed by atoms with Gasteiger partial charge in [-0.15, -0.1) is 11.3 Å². The highest BCUT2D eigenvalue weighted by Crippen LogP contribution is 2.44. The Kier molecular flexibility index (Phi) is 4.69. The Morgan fingerprint density at radius 3 is 2.79 bits per heavy atom. The third-order valence-corrected chi connectivity index (χ3v) is 7.69. The summed E-state index contributed by atoms with van der Waals surface area (Å²) in [6.07, 6.45) is 4.74. The second kappa shape index (κ2) is 7.21. The molecule has 1 saturated heterocycles. The van der Waals surface area contributed by atoms with Crippen LogP contribution in [0.3, 0.4) is 0 Å². The molecular weight excluding hydrogens is 366 g/mol. The van der Waals surface area contributed by atoms with Crippen LogP contribution < -0.4 is 0 Å². The number of aliphatic hydroxyl groups is 1. The molecule has 5 rings (SSSR count). The van der Waals surface area contributed by atoms with Gasteiger partial charge in [-0.3, -0.25) is 9.88 Å². The topological polar surface area (TPSA) is 49.2 Å². The fourth-order valence-corrected chi connectivity index (χ4v) is 6.00. The molecule has 3 heterocycles. The standard InChI is InChI=1S/C23H27N3OS/c1-14-5-7-20(15(2)24-14)16-6-8-21-22(12-16)28-23(25-21)17-10-19(11-17)26-9-3-4-18(26)13-27/h5-8,12,17-19,27H,3-4,9-11,13H2,1-2H3/t17-,18-,19-/m0/s1. The monoisotopic (exact) mass is 393 g/mol. The van der Waals surface area contributed by atoms with Crippen LogP contribution in [0.25, 0.3) is 21.3 Å². The highest BCUT2D eigenvalue weighted by Gasteiger charge is 2.40. The maximum atomic E-state index is 9.58. The predicted molar refractivity (Wildman–Crippen MR) is 115 cm³/mol. The van der Waals surface area contributed by atoms with Gasteiger partial charge in [0.25, 0.3) is 0 Å². The van der Waals surface area contributed by atoms with Gasteiger partial charge in [0.05, 0.1) is 21.8 Å². The minimum Gasteiger partial charge on any atom is -0.395 e. The van der Waals surface area contributed by atoms with Gasteiger partial charge in [0.15, 0.2) is 0 Å². The summed E-state index contributed by atoms with van der Waals surface area (Å²) in [6, 6.07) is 11.9. The van der Waals surface area contributed by atoms with Crippen molar-refractivity contribution in [2.45, 2.75) is 57.5 Å². The number of hydrogen-bond donors (Lipinski definition) is 1. The van der Waals surface area contributed by atoms with E-state index < -0.39 is 0 Å². The Bertz CT molecular complexity index is 1010. The quantitative estimate of drug-likeness (QED) is 0.699. The number of aliphatic hydroxyl groups excluding tert-OH is 1. The summed E-state index contributed by atoms with van der Waals surface area (Å²) in [5, 5.41) is 10.9. The molecule has 5 heteroatoms. The molecule has 3 aromatic rings. The lowest BCUT2D eigenvalue weighted by Gasteiger charge is -2.42. The van der Waals surface area contributed by atoms with Crippen molar-refractivity contribution in [1.82, 2.24) is 14.9 Å². The van der Waals surface area contributed by atoms with Crippen LogP contribution in [0.15, 0.2) is 30.3 Å². The first-order chi connectivity index (χ1) is 13.6. The smallest absolute Gasteiger partial charge is 0.0970 e. The van der Waals surface area contributed by atoms with Gasteiger partial charge in [-0.25, -0.2) is 4.98 Å². The molecule has 28 heavy (non-hydrogen) atoms. The van der Waals surface area contributed by atoms with Crippen LogP contribution in [0.2, 0.25) is 0 Å². The van der Waals surface area contributed by atoms with Crippen molar-refractivity contribution in [3.8, 4) is 11.1 Å². The molecule has 0 unspecified atom stereocenters. The van der Waals surface area contributed by atoms with Crippen LogP contribution in [0, 0.1) is 13.8 Å². The van der Waals surface area contributed by atoms with Crippen molar-refractivity contribution >= 4 is 21.6 Å². The molecule has 0 spiro atoms. The molecule has 1 aliphatic carbocycles. The summed E-state index contributed by atoms with van der Waals surface area (Å²) in [4.78, 5) is 12.1. The molecule has 2 aromatic heterocycles. The van der Waals surface area contributed by atoms with E-state index in [1.807, 2.05) is 18.3 Å². The zero-order chi connectivity index (χ0) is 19.3. The summed E-state index contributed by atoms with van der Waals surface area (Å²) >= 11 is 1.85. The normalized spacial score (nSPS) is 25.3. The van der Waals surface area contributed by atoms with Crippen molar-refractivity contribution in [1.29, 1.82) is 0 Å². The number of fused-ring (bicyclic) bond motifs is 1. The molecule has 0 radical (unpaired) electrons. The molecule has 1 aromatic carbocycles. The van der Waals surface area contributed by atoms with Gasteiger partial charge in [0.2, 0.25) is 0 Å². The van der Waals surface area contributed by atoms with E-state index in [9.17, 15) is 5.11 Å². The lowest BCUT2D eigenvalue weighted by molar-refractivity contribution is 0.0662. The van der Waals surface area contributed by atoms with Crippen LogP contribution in [-0.2, 0) is 0 Å². The van der Waals surface area contributed by atoms with Crippen LogP contribution in [0.5, 0.6) is 0 Å². The van der Waals surface area contributed by atoms with E-state index in [1.165, 1.54) is 40.1 Å². The molecule has 1 atom stereocenters. The number of aromatic nitrogens is 2. The summed E-state index contributed by atoms with van der Waals surface area (Å²) in [5.41, 5.74) is 5.68. The molecule has 1 N–H and O–H groups in total. The van der Waals surface area contributed by atoms with Gasteiger partial charge in [-0.05, 0) is 69.8 Å². The Hall–Kier alpha value is -1.82. The summed E-state index contributed by atoms with van der Waals surface area (Å²) in [7, 11) is 0. The van der Waals surface area contributed by atoms with Crippen LogP contribution in [0.4, 0.5) is 0 Å². The second-order valence-corrected chi connectivity index (χ2v) is 9.42. The number of pyridine rings is 1. The Balaban J connectivity index is 1.35. The lowest BCUT2D eigenvalue weighted by Crippen LogP contribution is -2.47. The molecular formula is C23H27N3OS. The fraction of sp³-hybridized carbons (Fsp3) is 0.478. The first-order valence-electron chi connectivity index (χ1n) is 10.3. The summed E-state index contributed by atoms with van der Waals surface area (Å²) in [5.74, 6) is 0.577. The minimum absolute atomic E-state index is 0.304. The van der Waals surface area contributed by atoms with E-state index in [1.54, 1.807) is 0 Å². The van der Waals surface area contributed by atoms with Gasteiger partial charge >= 0.3 is 0 Å². The van der Waals surface area contributed by atoms with E-state index >= 15 is 0 Å². The summed E-state index contributed by atoms with van der Waals surface area (Å²) < 4.78 is 1.27. The van der Waals surface area contributed by atoms with Crippen molar-refractivity contribution in [3.63, 3.8) is 0 Å². The first-order valence-corrected chi connectivity index (χ1v) is 11.2. The molecule has 0 amide bonds. The molecule has 2 aliphatic rings. The van der Waals surface area contributed by atoms with Crippen molar-refractivity contribution in [3.05, 3.63) is 46.7 Å². The first kappa shape index (κ1) is 18.2. The third-order valence-electron chi connectivity index (χ3n) is 6.51. The number of thiazole rings is 1. The zero-order valence-corrected chi connectivity index (χ0v) is 17.4. The van der Waals surface area contributed by atoms with Crippen molar-refractivity contribution in [2.75, 3.05) is 13.2 Å². The van der Waals surface area contributed by atoms with E-state index in [0.29, 0.717) is 24.6 Å². The Labute approximate surface area is 170 Å². The zero-order valence-electron chi connectivity index (χ0n) is 16.6. The SMILES string of the molecule is Cc1ccc(-c2ccc3nc([C@H]4C[C@H](N5CCC[C@H]5CO)C4)sc3c2)c(C)n1. The predicted octanol–water partition coefficient (Wildman–Crippen LogP) is 4.68. The average molecular weight is 394 g/mol. The van der Waals surface area contributed by atoms with Crippen LogP contribution >= 0.6 is 11.3 Å². The second-order valence-electron chi connectivity index (χ2n) is 8.36. The van der Waals surface area contributed by atoms with Crippen LogP contribution in [-0.4, -0.2) is 45.2 Å². The number of likely N-dealkylation sites (tertiary alicyclic amines) is 1. The number of rotatable bonds is 4. The van der Waals surface area contributed by atoms with Gasteiger partial charge in [0, 0.05) is 35.0 Å². The number of benzene rings is 1. The highest BCUT2D eigenvalue weighted by molar-refractivity contribution is 7.18. The number of aryl methyl sites for hydroxylation is 2. The maximum absolute atomic E-state index is 9.58. The molecule has 0 bridgehead atoms. The van der Waals surface area contributed by atoms with E-state index in [-0.39, 0.29) is 0 Å². The molecule has 2 fully saturated rings. The lowest BCUT2D eigenvalue weighted by atomic mass is 9.79. The minimum atomic E-state index is 0.304. The van der Waals surface area contributed by atoms with Crippen molar-refractivity contribution in [2.24, 2.45) is 0 Å².